The number of amides is 1. The molecular formula is C21H27N3O. The van der Waals surface area contributed by atoms with E-state index in [0.717, 1.165) is 38.0 Å². The van der Waals surface area contributed by atoms with Gasteiger partial charge in [-0.05, 0) is 43.9 Å². The molecule has 0 bridgehead atoms. The van der Waals surface area contributed by atoms with Crippen LogP contribution in [0.25, 0.3) is 0 Å². The van der Waals surface area contributed by atoms with Crippen molar-refractivity contribution in [3.8, 4) is 0 Å². The van der Waals surface area contributed by atoms with Crippen molar-refractivity contribution < 1.29 is 4.79 Å². The summed E-state index contributed by atoms with van der Waals surface area (Å²) in [5.41, 5.74) is 1.74. The number of hydrogen-bond donors (Lipinski definition) is 1. The number of aromatic nitrogens is 1. The Morgan fingerprint density at radius 2 is 1.88 bits per heavy atom. The molecule has 0 saturated carbocycles. The fourth-order valence-electron chi connectivity index (χ4n) is 3.31. The first-order valence-electron chi connectivity index (χ1n) is 9.03. The van der Waals surface area contributed by atoms with Gasteiger partial charge in [0.2, 0.25) is 5.91 Å². The van der Waals surface area contributed by atoms with Crippen molar-refractivity contribution in [2.24, 2.45) is 0 Å². The Labute approximate surface area is 150 Å². The zero-order valence-corrected chi connectivity index (χ0v) is 15.1. The summed E-state index contributed by atoms with van der Waals surface area (Å²) in [6.45, 7) is 6.96. The van der Waals surface area contributed by atoms with Crippen LogP contribution in [-0.4, -0.2) is 34.9 Å². The molecule has 1 N–H and O–H groups in total. The van der Waals surface area contributed by atoms with Crippen LogP contribution in [0.3, 0.4) is 0 Å². The Bertz CT molecular complexity index is 677. The van der Waals surface area contributed by atoms with Gasteiger partial charge in [0.1, 0.15) is 0 Å². The van der Waals surface area contributed by atoms with E-state index in [2.05, 4.69) is 45.5 Å². The smallest absolute Gasteiger partial charge is 0.230 e. The summed E-state index contributed by atoms with van der Waals surface area (Å²) in [4.78, 5) is 19.4. The Morgan fingerprint density at radius 3 is 2.52 bits per heavy atom. The molecule has 0 atom stereocenters. The molecule has 2 aromatic rings. The number of carbonyl (C=O) groups excluding carboxylic acids is 1. The van der Waals surface area contributed by atoms with Crippen molar-refractivity contribution in [1.29, 1.82) is 0 Å². The van der Waals surface area contributed by atoms with Crippen molar-refractivity contribution >= 4 is 5.91 Å². The first-order chi connectivity index (χ1) is 12.1. The highest BCUT2D eigenvalue weighted by Gasteiger charge is 2.32. The van der Waals surface area contributed by atoms with E-state index in [1.807, 2.05) is 26.0 Å². The molecule has 4 heteroatoms. The molecule has 0 unspecified atom stereocenters. The lowest BCUT2D eigenvalue weighted by Gasteiger charge is -2.34. The van der Waals surface area contributed by atoms with E-state index in [4.69, 9.17) is 0 Å². The number of pyridine rings is 1. The molecule has 4 nitrogen and oxygen atoms in total. The number of rotatable bonds is 5. The molecule has 2 heterocycles. The lowest BCUT2D eigenvalue weighted by molar-refractivity contribution is -0.126. The molecule has 1 aromatic carbocycles. The summed E-state index contributed by atoms with van der Waals surface area (Å²) in [5.74, 6) is 0.0852. The molecule has 25 heavy (non-hydrogen) atoms. The summed E-state index contributed by atoms with van der Waals surface area (Å²) in [5, 5.41) is 3.25. The second-order valence-corrected chi connectivity index (χ2v) is 7.38. The van der Waals surface area contributed by atoms with Crippen LogP contribution in [0.2, 0.25) is 0 Å². The minimum Gasteiger partial charge on any atom is -0.353 e. The van der Waals surface area contributed by atoms with E-state index in [-0.39, 0.29) is 11.9 Å². The molecule has 1 saturated heterocycles. The maximum Gasteiger partial charge on any atom is 0.230 e. The lowest BCUT2D eigenvalue weighted by Crippen LogP contribution is -2.49. The SMILES string of the molecule is CC(C)(C(=O)NC1CCN(Cc2ccccc2)CC1)c1cccnc1. The number of piperidine rings is 1. The Balaban J connectivity index is 1.51. The van der Waals surface area contributed by atoms with E-state index in [1.54, 1.807) is 12.4 Å². The van der Waals surface area contributed by atoms with Gasteiger partial charge < -0.3 is 5.32 Å². The molecule has 1 aliphatic rings. The molecular weight excluding hydrogens is 310 g/mol. The highest BCUT2D eigenvalue weighted by atomic mass is 16.2. The average molecular weight is 337 g/mol. The van der Waals surface area contributed by atoms with Crippen LogP contribution in [-0.2, 0) is 16.8 Å². The summed E-state index contributed by atoms with van der Waals surface area (Å²) < 4.78 is 0. The Hall–Kier alpha value is -2.20. The molecule has 1 aliphatic heterocycles. The predicted octanol–water partition coefficient (Wildman–Crippen LogP) is 3.14. The summed E-state index contributed by atoms with van der Waals surface area (Å²) in [6, 6.07) is 14.7. The lowest BCUT2D eigenvalue weighted by atomic mass is 9.84. The van der Waals surface area contributed by atoms with Gasteiger partial charge in [-0.2, -0.15) is 0 Å². The topological polar surface area (TPSA) is 45.2 Å². The van der Waals surface area contributed by atoms with Crippen molar-refractivity contribution in [2.45, 2.75) is 44.7 Å². The first-order valence-corrected chi connectivity index (χ1v) is 9.03. The van der Waals surface area contributed by atoms with E-state index < -0.39 is 5.41 Å². The highest BCUT2D eigenvalue weighted by molar-refractivity contribution is 5.87. The molecule has 3 rings (SSSR count). The third kappa shape index (κ3) is 4.45. The van der Waals surface area contributed by atoms with Crippen molar-refractivity contribution in [3.63, 3.8) is 0 Å². The van der Waals surface area contributed by atoms with Crippen molar-refractivity contribution in [3.05, 3.63) is 66.0 Å². The third-order valence-corrected chi connectivity index (χ3v) is 5.12. The van der Waals surface area contributed by atoms with Crippen LogP contribution < -0.4 is 5.32 Å². The van der Waals surface area contributed by atoms with E-state index in [1.165, 1.54) is 5.56 Å². The monoisotopic (exact) mass is 337 g/mol. The van der Waals surface area contributed by atoms with E-state index in [0.29, 0.717) is 0 Å². The number of hydrogen-bond acceptors (Lipinski definition) is 3. The second-order valence-electron chi connectivity index (χ2n) is 7.38. The number of benzene rings is 1. The number of nitrogens with zero attached hydrogens (tertiary/aromatic N) is 2. The van der Waals surface area contributed by atoms with Crippen LogP contribution in [0.1, 0.15) is 37.8 Å². The quantitative estimate of drug-likeness (QED) is 0.912. The summed E-state index contributed by atoms with van der Waals surface area (Å²) >= 11 is 0. The molecule has 0 radical (unpaired) electrons. The van der Waals surface area contributed by atoms with Gasteiger partial charge in [0, 0.05) is 38.1 Å². The normalized spacial score (nSPS) is 16.6. The summed E-state index contributed by atoms with van der Waals surface area (Å²) in [7, 11) is 0. The van der Waals surface area contributed by atoms with E-state index >= 15 is 0 Å². The summed E-state index contributed by atoms with van der Waals surface area (Å²) in [6.07, 6.45) is 5.52. The maximum atomic E-state index is 12.8. The third-order valence-electron chi connectivity index (χ3n) is 5.12. The highest BCUT2D eigenvalue weighted by Crippen LogP contribution is 2.23. The van der Waals surface area contributed by atoms with Crippen LogP contribution in [0.4, 0.5) is 0 Å². The minimum atomic E-state index is -0.560. The van der Waals surface area contributed by atoms with Gasteiger partial charge in [-0.3, -0.25) is 14.7 Å². The van der Waals surface area contributed by atoms with Gasteiger partial charge in [0.15, 0.2) is 0 Å². The largest absolute Gasteiger partial charge is 0.353 e. The molecule has 132 valence electrons. The molecule has 0 aliphatic carbocycles. The predicted molar refractivity (Wildman–Crippen MR) is 100 cm³/mol. The van der Waals surface area contributed by atoms with Gasteiger partial charge >= 0.3 is 0 Å². The number of likely N-dealkylation sites (tertiary alicyclic amines) is 1. The zero-order chi connectivity index (χ0) is 17.7. The van der Waals surface area contributed by atoms with Crippen LogP contribution >= 0.6 is 0 Å². The van der Waals surface area contributed by atoms with Gasteiger partial charge in [-0.25, -0.2) is 0 Å². The second kappa shape index (κ2) is 7.79. The van der Waals surface area contributed by atoms with Crippen LogP contribution in [0.5, 0.6) is 0 Å². The molecule has 1 amide bonds. The zero-order valence-electron chi connectivity index (χ0n) is 15.1. The molecule has 1 aromatic heterocycles. The molecule has 0 spiro atoms. The van der Waals surface area contributed by atoms with Crippen LogP contribution in [0, 0.1) is 0 Å². The number of nitrogens with one attached hydrogen (secondary N) is 1. The van der Waals surface area contributed by atoms with Crippen molar-refractivity contribution in [1.82, 2.24) is 15.2 Å². The van der Waals surface area contributed by atoms with Gasteiger partial charge in [0.05, 0.1) is 5.41 Å². The first kappa shape index (κ1) is 17.6. The van der Waals surface area contributed by atoms with Crippen molar-refractivity contribution in [2.75, 3.05) is 13.1 Å². The standard InChI is InChI=1S/C21H27N3O/c1-21(2,18-9-6-12-22-15-18)20(25)23-19-10-13-24(14-11-19)16-17-7-4-3-5-8-17/h3-9,12,15,19H,10-11,13-14,16H2,1-2H3,(H,23,25). The Kier molecular flexibility index (Phi) is 5.49. The fourth-order valence-corrected chi connectivity index (χ4v) is 3.31. The van der Waals surface area contributed by atoms with Gasteiger partial charge in [-0.1, -0.05) is 36.4 Å². The molecule has 1 fully saturated rings. The number of carbonyl (C=O) groups is 1. The average Bonchev–Trinajstić information content (AvgIpc) is 2.65. The van der Waals surface area contributed by atoms with Crippen LogP contribution in [0.15, 0.2) is 54.9 Å². The fraction of sp³-hybridized carbons (Fsp3) is 0.429. The van der Waals surface area contributed by atoms with E-state index in [9.17, 15) is 4.79 Å². The van der Waals surface area contributed by atoms with Gasteiger partial charge in [-0.15, -0.1) is 0 Å². The van der Waals surface area contributed by atoms with Gasteiger partial charge in [0.25, 0.3) is 0 Å². The Morgan fingerprint density at radius 1 is 1.16 bits per heavy atom. The minimum absolute atomic E-state index is 0.0852. The maximum absolute atomic E-state index is 12.8.